The lowest BCUT2D eigenvalue weighted by Crippen LogP contribution is -2.12. The van der Waals surface area contributed by atoms with Crippen LogP contribution in [0.5, 0.6) is 0 Å². The number of aromatic amines is 1. The third kappa shape index (κ3) is 3.69. The number of aromatic nitrogens is 1. The zero-order chi connectivity index (χ0) is 13.8. The Balaban J connectivity index is 2.03. The topological polar surface area (TPSA) is 74.0 Å². The molecule has 0 aliphatic rings. The lowest BCUT2D eigenvalue weighted by Gasteiger charge is -2.06. The summed E-state index contributed by atoms with van der Waals surface area (Å²) in [4.78, 5) is 25.6. The highest BCUT2D eigenvalue weighted by atomic mass is 79.9. The number of carbonyl (C=O) groups is 2. The predicted molar refractivity (Wildman–Crippen MR) is 77.2 cm³/mol. The van der Waals surface area contributed by atoms with E-state index in [0.717, 1.165) is 4.47 Å². The van der Waals surface area contributed by atoms with Gasteiger partial charge in [0.25, 0.3) is 5.91 Å². The van der Waals surface area contributed by atoms with E-state index in [2.05, 4.69) is 31.5 Å². The monoisotopic (exact) mass is 321 g/mol. The normalized spacial score (nSPS) is 10.0. The standard InChI is InChI=1S/C13H12BrN3O2/c1-8(18)16-10-2-4-11(5-3-10)17-13(19)12-6-9(14)7-15-12/h2-7,15H,1H3,(H,16,18)(H,17,19). The molecule has 2 amide bonds. The summed E-state index contributed by atoms with van der Waals surface area (Å²) in [5.74, 6) is -0.356. The maximum Gasteiger partial charge on any atom is 0.272 e. The van der Waals surface area contributed by atoms with Gasteiger partial charge in [0.15, 0.2) is 0 Å². The van der Waals surface area contributed by atoms with Gasteiger partial charge in [-0.2, -0.15) is 0 Å². The number of hydrogen-bond donors (Lipinski definition) is 3. The third-order valence-electron chi connectivity index (χ3n) is 2.36. The molecule has 3 N–H and O–H groups in total. The summed E-state index contributed by atoms with van der Waals surface area (Å²) in [7, 11) is 0. The number of benzene rings is 1. The van der Waals surface area contributed by atoms with Gasteiger partial charge in [-0.1, -0.05) is 0 Å². The van der Waals surface area contributed by atoms with Gasteiger partial charge in [-0.3, -0.25) is 9.59 Å². The van der Waals surface area contributed by atoms with Gasteiger partial charge in [0.1, 0.15) is 5.69 Å². The van der Waals surface area contributed by atoms with Gasteiger partial charge in [-0.15, -0.1) is 0 Å². The van der Waals surface area contributed by atoms with E-state index in [1.807, 2.05) is 0 Å². The molecule has 0 fully saturated rings. The second kappa shape index (κ2) is 5.71. The number of halogens is 1. The van der Waals surface area contributed by atoms with Crippen molar-refractivity contribution in [3.8, 4) is 0 Å². The van der Waals surface area contributed by atoms with Crippen molar-refractivity contribution in [1.29, 1.82) is 0 Å². The Bertz CT molecular complexity index is 605. The average molecular weight is 322 g/mol. The number of anilines is 2. The molecule has 0 unspecified atom stereocenters. The fraction of sp³-hybridized carbons (Fsp3) is 0.0769. The van der Waals surface area contributed by atoms with Crippen LogP contribution in [0.25, 0.3) is 0 Å². The molecule has 19 heavy (non-hydrogen) atoms. The molecule has 0 radical (unpaired) electrons. The van der Waals surface area contributed by atoms with Crippen LogP contribution in [-0.2, 0) is 4.79 Å². The van der Waals surface area contributed by atoms with Gasteiger partial charge < -0.3 is 15.6 Å². The molecule has 0 saturated heterocycles. The second-order valence-corrected chi connectivity index (χ2v) is 4.86. The van der Waals surface area contributed by atoms with E-state index >= 15 is 0 Å². The van der Waals surface area contributed by atoms with E-state index in [1.54, 1.807) is 36.5 Å². The number of carbonyl (C=O) groups excluding carboxylic acids is 2. The first kappa shape index (κ1) is 13.4. The molecular weight excluding hydrogens is 310 g/mol. The lowest BCUT2D eigenvalue weighted by atomic mass is 10.2. The zero-order valence-corrected chi connectivity index (χ0v) is 11.7. The Hall–Kier alpha value is -2.08. The molecule has 1 heterocycles. The van der Waals surface area contributed by atoms with Gasteiger partial charge in [-0.25, -0.2) is 0 Å². The van der Waals surface area contributed by atoms with E-state index in [1.165, 1.54) is 6.92 Å². The molecule has 2 aromatic rings. The van der Waals surface area contributed by atoms with Gasteiger partial charge in [-0.05, 0) is 46.3 Å². The molecule has 0 aliphatic heterocycles. The molecular formula is C13H12BrN3O2. The molecule has 6 heteroatoms. The van der Waals surface area contributed by atoms with Gasteiger partial charge >= 0.3 is 0 Å². The van der Waals surface area contributed by atoms with Crippen molar-refractivity contribution in [2.45, 2.75) is 6.92 Å². The van der Waals surface area contributed by atoms with E-state index in [9.17, 15) is 9.59 Å². The highest BCUT2D eigenvalue weighted by Crippen LogP contribution is 2.16. The smallest absolute Gasteiger partial charge is 0.272 e. The first-order chi connectivity index (χ1) is 9.04. The van der Waals surface area contributed by atoms with E-state index in [4.69, 9.17) is 0 Å². The molecule has 0 aliphatic carbocycles. The van der Waals surface area contributed by atoms with Crippen LogP contribution >= 0.6 is 15.9 Å². The molecule has 0 bridgehead atoms. The molecule has 98 valence electrons. The lowest BCUT2D eigenvalue weighted by molar-refractivity contribution is -0.114. The van der Waals surface area contributed by atoms with Crippen molar-refractivity contribution in [3.63, 3.8) is 0 Å². The molecule has 0 spiro atoms. The minimum atomic E-state index is -0.224. The van der Waals surface area contributed by atoms with Crippen LogP contribution in [0.1, 0.15) is 17.4 Å². The molecule has 0 saturated carbocycles. The minimum Gasteiger partial charge on any atom is -0.356 e. The van der Waals surface area contributed by atoms with Crippen molar-refractivity contribution in [1.82, 2.24) is 4.98 Å². The molecule has 5 nitrogen and oxygen atoms in total. The zero-order valence-electron chi connectivity index (χ0n) is 10.2. The SMILES string of the molecule is CC(=O)Nc1ccc(NC(=O)c2cc(Br)c[nH]2)cc1. The van der Waals surface area contributed by atoms with Gasteiger partial charge in [0, 0.05) is 29.0 Å². The highest BCUT2D eigenvalue weighted by Gasteiger charge is 2.08. The van der Waals surface area contributed by atoms with Gasteiger partial charge in [0.2, 0.25) is 5.91 Å². The van der Waals surface area contributed by atoms with Gasteiger partial charge in [0.05, 0.1) is 0 Å². The summed E-state index contributed by atoms with van der Waals surface area (Å²) in [6, 6.07) is 8.59. The number of rotatable bonds is 3. The van der Waals surface area contributed by atoms with Crippen LogP contribution in [0.4, 0.5) is 11.4 Å². The third-order valence-corrected chi connectivity index (χ3v) is 2.81. The summed E-state index contributed by atoms with van der Waals surface area (Å²) in [6.45, 7) is 1.44. The van der Waals surface area contributed by atoms with Crippen molar-refractivity contribution < 1.29 is 9.59 Å². The summed E-state index contributed by atoms with van der Waals surface area (Å²) >= 11 is 3.27. The molecule has 1 aromatic carbocycles. The van der Waals surface area contributed by atoms with Crippen molar-refractivity contribution in [2.24, 2.45) is 0 Å². The summed E-state index contributed by atoms with van der Waals surface area (Å²) in [6.07, 6.45) is 1.69. The highest BCUT2D eigenvalue weighted by molar-refractivity contribution is 9.10. The fourth-order valence-electron chi connectivity index (χ4n) is 1.54. The summed E-state index contributed by atoms with van der Waals surface area (Å²) < 4.78 is 0.818. The molecule has 2 rings (SSSR count). The first-order valence-electron chi connectivity index (χ1n) is 5.57. The Labute approximate surface area is 118 Å². The first-order valence-corrected chi connectivity index (χ1v) is 6.37. The van der Waals surface area contributed by atoms with E-state index in [0.29, 0.717) is 17.1 Å². The predicted octanol–water partition coefficient (Wildman–Crippen LogP) is 2.99. The average Bonchev–Trinajstić information content (AvgIpc) is 2.78. The Morgan fingerprint density at radius 1 is 1.11 bits per heavy atom. The number of H-pyrrole nitrogens is 1. The van der Waals surface area contributed by atoms with Crippen LogP contribution in [0.2, 0.25) is 0 Å². The molecule has 0 atom stereocenters. The summed E-state index contributed by atoms with van der Waals surface area (Å²) in [5, 5.41) is 5.40. The Kier molecular flexibility index (Phi) is 4.01. The minimum absolute atomic E-state index is 0.131. The van der Waals surface area contributed by atoms with E-state index in [-0.39, 0.29) is 11.8 Å². The maximum atomic E-state index is 11.9. The second-order valence-electron chi connectivity index (χ2n) is 3.94. The molecule has 1 aromatic heterocycles. The van der Waals surface area contributed by atoms with Crippen LogP contribution in [0, 0.1) is 0 Å². The van der Waals surface area contributed by atoms with Crippen LogP contribution < -0.4 is 10.6 Å². The van der Waals surface area contributed by atoms with Crippen LogP contribution in [0.15, 0.2) is 41.0 Å². The Morgan fingerprint density at radius 2 is 1.68 bits per heavy atom. The number of hydrogen-bond acceptors (Lipinski definition) is 2. The largest absolute Gasteiger partial charge is 0.356 e. The Morgan fingerprint density at radius 3 is 2.16 bits per heavy atom. The van der Waals surface area contributed by atoms with Crippen LogP contribution in [0.3, 0.4) is 0 Å². The summed E-state index contributed by atoms with van der Waals surface area (Å²) in [5.41, 5.74) is 1.82. The van der Waals surface area contributed by atoms with E-state index < -0.39 is 0 Å². The van der Waals surface area contributed by atoms with Crippen molar-refractivity contribution >= 4 is 39.1 Å². The number of nitrogens with one attached hydrogen (secondary N) is 3. The van der Waals surface area contributed by atoms with Crippen molar-refractivity contribution in [3.05, 3.63) is 46.7 Å². The fourth-order valence-corrected chi connectivity index (χ4v) is 1.88. The quantitative estimate of drug-likeness (QED) is 0.813. The van der Waals surface area contributed by atoms with Crippen LogP contribution in [-0.4, -0.2) is 16.8 Å². The van der Waals surface area contributed by atoms with Crippen molar-refractivity contribution in [2.75, 3.05) is 10.6 Å². The number of amides is 2. The maximum absolute atomic E-state index is 11.9.